The van der Waals surface area contributed by atoms with Crippen LogP contribution in [-0.2, 0) is 19.1 Å². The minimum atomic E-state index is -1.02. The number of hydrogen-bond donors (Lipinski definition) is 1. The lowest BCUT2D eigenvalue weighted by Crippen LogP contribution is -2.60. The predicted molar refractivity (Wildman–Crippen MR) is 111 cm³/mol. The molecule has 0 bridgehead atoms. The molecule has 1 N–H and O–H groups in total. The average molecular weight is 415 g/mol. The van der Waals surface area contributed by atoms with Crippen LogP contribution >= 0.6 is 0 Å². The topological polar surface area (TPSA) is 72.8 Å². The second kappa shape index (κ2) is 6.85. The largest absolute Gasteiger partial charge is 0.388 e. The van der Waals surface area contributed by atoms with Crippen LogP contribution in [0.4, 0.5) is 0 Å². The second-order valence-electron chi connectivity index (χ2n) is 10.6. The fourth-order valence-electron chi connectivity index (χ4n) is 8.00. The molecule has 0 spiro atoms. The Morgan fingerprint density at radius 2 is 2.07 bits per heavy atom. The van der Waals surface area contributed by atoms with E-state index in [1.54, 1.807) is 6.08 Å². The van der Waals surface area contributed by atoms with E-state index in [-0.39, 0.29) is 34.8 Å². The highest BCUT2D eigenvalue weighted by atomic mass is 16.7. The Balaban J connectivity index is 1.51. The molecular formula is C25H34O5. The SMILES string of the molecule is CCCC1O[C@@H]2C[C@H]3[C@@H]4CCC5=CC(=O)C=C[C@]5(C)[C@H]4CC[C@]3(C)[C@]2(C(=O)CO)O1. The van der Waals surface area contributed by atoms with Crippen LogP contribution in [0.15, 0.2) is 23.8 Å². The van der Waals surface area contributed by atoms with Crippen molar-refractivity contribution in [2.24, 2.45) is 28.6 Å². The normalized spacial score (nSPS) is 49.1. The van der Waals surface area contributed by atoms with Gasteiger partial charge in [-0.1, -0.05) is 38.8 Å². The maximum absolute atomic E-state index is 13.2. The van der Waals surface area contributed by atoms with E-state index in [2.05, 4.69) is 26.8 Å². The number of ketones is 2. The molecule has 5 aliphatic rings. The van der Waals surface area contributed by atoms with E-state index in [1.165, 1.54) is 5.57 Å². The van der Waals surface area contributed by atoms with Crippen LogP contribution in [0.1, 0.15) is 65.7 Å². The zero-order valence-corrected chi connectivity index (χ0v) is 18.4. The zero-order chi connectivity index (χ0) is 21.3. The molecule has 30 heavy (non-hydrogen) atoms. The fraction of sp³-hybridized carbons (Fsp3) is 0.760. The Morgan fingerprint density at radius 3 is 2.80 bits per heavy atom. The molecule has 5 nitrogen and oxygen atoms in total. The van der Waals surface area contributed by atoms with Gasteiger partial charge in [-0.15, -0.1) is 0 Å². The molecule has 1 saturated heterocycles. The summed E-state index contributed by atoms with van der Waals surface area (Å²) in [5, 5.41) is 9.88. The minimum Gasteiger partial charge on any atom is -0.388 e. The first-order chi connectivity index (χ1) is 14.3. The number of aliphatic hydroxyl groups excluding tert-OH is 1. The Kier molecular flexibility index (Phi) is 4.70. The van der Waals surface area contributed by atoms with Crippen molar-refractivity contribution in [1.29, 1.82) is 0 Å². The Hall–Kier alpha value is -1.30. The highest BCUT2D eigenvalue weighted by Gasteiger charge is 2.74. The van der Waals surface area contributed by atoms with Gasteiger partial charge in [0, 0.05) is 10.8 Å². The highest BCUT2D eigenvalue weighted by Crippen LogP contribution is 2.69. The van der Waals surface area contributed by atoms with Gasteiger partial charge in [0.2, 0.25) is 0 Å². The lowest BCUT2D eigenvalue weighted by atomic mass is 9.47. The summed E-state index contributed by atoms with van der Waals surface area (Å²) in [5.41, 5.74) is -0.148. The first-order valence-corrected chi connectivity index (χ1v) is 11.7. The molecule has 0 aromatic carbocycles. The number of allylic oxidation sites excluding steroid dienone is 4. The van der Waals surface area contributed by atoms with Crippen LogP contribution in [0.5, 0.6) is 0 Å². The van der Waals surface area contributed by atoms with Gasteiger partial charge in [0.1, 0.15) is 6.61 Å². The lowest BCUT2D eigenvalue weighted by molar-refractivity contribution is -0.185. The smallest absolute Gasteiger partial charge is 0.193 e. The van der Waals surface area contributed by atoms with Gasteiger partial charge in [0.15, 0.2) is 23.5 Å². The maximum atomic E-state index is 13.2. The third-order valence-electron chi connectivity index (χ3n) is 9.43. The van der Waals surface area contributed by atoms with E-state index >= 15 is 0 Å². The van der Waals surface area contributed by atoms with Gasteiger partial charge in [0.25, 0.3) is 0 Å². The van der Waals surface area contributed by atoms with E-state index < -0.39 is 12.2 Å². The second-order valence-corrected chi connectivity index (χ2v) is 10.6. The maximum Gasteiger partial charge on any atom is 0.193 e. The third kappa shape index (κ3) is 2.46. The van der Waals surface area contributed by atoms with Crippen molar-refractivity contribution < 1.29 is 24.2 Å². The molecule has 4 fully saturated rings. The summed E-state index contributed by atoms with van der Waals surface area (Å²) >= 11 is 0. The van der Waals surface area contributed by atoms with Gasteiger partial charge in [-0.2, -0.15) is 0 Å². The molecule has 8 atom stereocenters. The van der Waals surface area contributed by atoms with Crippen molar-refractivity contribution >= 4 is 11.6 Å². The van der Waals surface area contributed by atoms with Gasteiger partial charge in [-0.3, -0.25) is 9.59 Å². The molecule has 1 unspecified atom stereocenters. The van der Waals surface area contributed by atoms with Crippen LogP contribution in [-0.4, -0.2) is 41.3 Å². The van der Waals surface area contributed by atoms with Crippen LogP contribution in [0, 0.1) is 28.6 Å². The lowest BCUT2D eigenvalue weighted by Gasteiger charge is -2.58. The molecule has 164 valence electrons. The molecule has 0 aromatic rings. The molecule has 5 heteroatoms. The van der Waals surface area contributed by atoms with Crippen LogP contribution < -0.4 is 0 Å². The van der Waals surface area contributed by atoms with E-state index in [9.17, 15) is 14.7 Å². The molecule has 1 heterocycles. The Labute approximate surface area is 178 Å². The number of ether oxygens (including phenoxy) is 2. The number of rotatable bonds is 4. The number of hydrogen-bond acceptors (Lipinski definition) is 5. The first-order valence-electron chi connectivity index (χ1n) is 11.7. The van der Waals surface area contributed by atoms with Gasteiger partial charge in [-0.25, -0.2) is 0 Å². The molecular weight excluding hydrogens is 380 g/mol. The first kappa shape index (κ1) is 20.6. The Morgan fingerprint density at radius 1 is 1.27 bits per heavy atom. The summed E-state index contributed by atoms with van der Waals surface area (Å²) in [6.07, 6.45) is 11.5. The molecule has 0 radical (unpaired) electrons. The zero-order valence-electron chi connectivity index (χ0n) is 18.4. The van der Waals surface area contributed by atoms with E-state index in [1.807, 2.05) is 6.08 Å². The van der Waals surface area contributed by atoms with E-state index in [4.69, 9.17) is 9.47 Å². The Bertz CT molecular complexity index is 829. The average Bonchev–Trinajstić information content (AvgIpc) is 3.20. The van der Waals surface area contributed by atoms with E-state index in [0.29, 0.717) is 17.8 Å². The molecule has 3 saturated carbocycles. The van der Waals surface area contributed by atoms with Gasteiger partial charge in [0.05, 0.1) is 6.10 Å². The highest BCUT2D eigenvalue weighted by molar-refractivity contribution is 6.01. The number of carbonyl (C=O) groups excluding carboxylic acids is 2. The van der Waals surface area contributed by atoms with Crippen LogP contribution in [0.2, 0.25) is 0 Å². The van der Waals surface area contributed by atoms with Crippen molar-refractivity contribution in [2.45, 2.75) is 83.7 Å². The summed E-state index contributed by atoms with van der Waals surface area (Å²) in [7, 11) is 0. The number of Topliss-reactive ketones (excluding diaryl/α,β-unsaturated/α-hetero) is 1. The predicted octanol–water partition coefficient (Wildman–Crippen LogP) is 3.75. The quantitative estimate of drug-likeness (QED) is 0.759. The van der Waals surface area contributed by atoms with Crippen molar-refractivity contribution in [1.82, 2.24) is 0 Å². The number of aliphatic hydroxyl groups is 1. The summed E-state index contributed by atoms with van der Waals surface area (Å²) in [4.78, 5) is 25.2. The summed E-state index contributed by atoms with van der Waals surface area (Å²) < 4.78 is 12.8. The minimum absolute atomic E-state index is 0.0729. The number of carbonyl (C=O) groups is 2. The third-order valence-corrected chi connectivity index (χ3v) is 9.43. The standard InChI is InChI=1S/C25H34O5/c1-4-5-22-29-21-13-19-17-7-6-15-12-16(27)8-10-23(15,2)18(17)9-11-24(19,3)25(21,30-22)20(28)14-26/h8,10,12,17-19,21-22,26H,4-7,9,11,13-14H2,1-3H3/t17-,18+,19+,21-,22?,23+,24+,25-/m1/s1. The monoisotopic (exact) mass is 414 g/mol. The fourth-order valence-corrected chi connectivity index (χ4v) is 8.00. The summed E-state index contributed by atoms with van der Waals surface area (Å²) in [6.45, 7) is 6.10. The summed E-state index contributed by atoms with van der Waals surface area (Å²) in [6, 6.07) is 0. The number of fused-ring (bicyclic) bond motifs is 7. The van der Waals surface area contributed by atoms with Crippen molar-refractivity contribution in [3.63, 3.8) is 0 Å². The van der Waals surface area contributed by atoms with Crippen LogP contribution in [0.25, 0.3) is 0 Å². The van der Waals surface area contributed by atoms with Gasteiger partial charge >= 0.3 is 0 Å². The summed E-state index contributed by atoms with van der Waals surface area (Å²) in [5.74, 6) is 1.15. The molecule has 1 aliphatic heterocycles. The van der Waals surface area contributed by atoms with Crippen molar-refractivity contribution in [3.05, 3.63) is 23.8 Å². The molecule has 0 aromatic heterocycles. The van der Waals surface area contributed by atoms with Crippen LogP contribution in [0.3, 0.4) is 0 Å². The van der Waals surface area contributed by atoms with Gasteiger partial charge < -0.3 is 14.6 Å². The van der Waals surface area contributed by atoms with Gasteiger partial charge in [-0.05, 0) is 68.4 Å². The molecule has 4 aliphatic carbocycles. The van der Waals surface area contributed by atoms with Crippen molar-refractivity contribution in [2.75, 3.05) is 6.61 Å². The molecule has 5 rings (SSSR count). The molecule has 0 amide bonds. The van der Waals surface area contributed by atoms with E-state index in [0.717, 1.165) is 44.9 Å². The van der Waals surface area contributed by atoms with Crippen molar-refractivity contribution in [3.8, 4) is 0 Å².